The first-order valence-corrected chi connectivity index (χ1v) is 8.57. The smallest absolute Gasteiger partial charge is 0.191 e. The van der Waals surface area contributed by atoms with Crippen molar-refractivity contribution in [2.75, 3.05) is 39.8 Å². The van der Waals surface area contributed by atoms with Crippen LogP contribution in [0.4, 0.5) is 4.39 Å². The standard InChI is InChI=1S/C18H29FN4.HI/c1-4-23(5-2)13-12-21-17(20-3)22-14-18(10-11-18)15-8-6-7-9-16(15)19;/h6-9H,4-5,10-14H2,1-3H3,(H2,20,21,22);1H. The van der Waals surface area contributed by atoms with Crippen LogP contribution in [-0.4, -0.2) is 50.6 Å². The fourth-order valence-electron chi connectivity index (χ4n) is 2.93. The molecule has 2 rings (SSSR count). The van der Waals surface area contributed by atoms with Crippen molar-refractivity contribution in [2.45, 2.75) is 32.1 Å². The third-order valence-corrected chi connectivity index (χ3v) is 4.73. The maximum absolute atomic E-state index is 14.0. The minimum absolute atomic E-state index is 0. The Bertz CT molecular complexity index is 528. The Labute approximate surface area is 162 Å². The molecule has 0 radical (unpaired) electrons. The molecular weight excluding hydrogens is 418 g/mol. The van der Waals surface area contributed by atoms with Crippen LogP contribution in [0.25, 0.3) is 0 Å². The average Bonchev–Trinajstić information content (AvgIpc) is 3.36. The monoisotopic (exact) mass is 448 g/mol. The quantitative estimate of drug-likeness (QED) is 0.365. The second-order valence-electron chi connectivity index (χ2n) is 6.14. The number of aliphatic imine (C=N–C) groups is 1. The molecule has 24 heavy (non-hydrogen) atoms. The molecule has 1 aliphatic carbocycles. The van der Waals surface area contributed by atoms with Gasteiger partial charge in [-0.1, -0.05) is 32.0 Å². The highest BCUT2D eigenvalue weighted by Crippen LogP contribution is 2.48. The molecule has 6 heteroatoms. The van der Waals surface area contributed by atoms with Gasteiger partial charge in [0.15, 0.2) is 5.96 Å². The highest BCUT2D eigenvalue weighted by molar-refractivity contribution is 14.0. The Hall–Kier alpha value is -0.890. The van der Waals surface area contributed by atoms with E-state index in [-0.39, 0.29) is 35.2 Å². The molecule has 0 atom stereocenters. The van der Waals surface area contributed by atoms with Crippen LogP contribution in [0, 0.1) is 5.82 Å². The van der Waals surface area contributed by atoms with E-state index in [1.54, 1.807) is 19.2 Å². The van der Waals surface area contributed by atoms with Crippen LogP contribution in [0.3, 0.4) is 0 Å². The SMILES string of the molecule is CCN(CC)CCNC(=NC)NCC1(c2ccccc2F)CC1.I. The van der Waals surface area contributed by atoms with Crippen molar-refractivity contribution in [3.8, 4) is 0 Å². The molecule has 1 aliphatic rings. The van der Waals surface area contributed by atoms with E-state index < -0.39 is 0 Å². The predicted octanol–water partition coefficient (Wildman–Crippen LogP) is 2.98. The van der Waals surface area contributed by atoms with Crippen LogP contribution in [0.15, 0.2) is 29.3 Å². The van der Waals surface area contributed by atoms with Crippen molar-refractivity contribution >= 4 is 29.9 Å². The Morgan fingerprint density at radius 1 is 1.21 bits per heavy atom. The van der Waals surface area contributed by atoms with Gasteiger partial charge in [-0.15, -0.1) is 24.0 Å². The molecule has 0 aromatic heterocycles. The number of hydrogen-bond acceptors (Lipinski definition) is 2. The Balaban J connectivity index is 0.00000288. The van der Waals surface area contributed by atoms with Crippen molar-refractivity contribution in [1.29, 1.82) is 0 Å². The Morgan fingerprint density at radius 3 is 2.42 bits per heavy atom. The lowest BCUT2D eigenvalue weighted by atomic mass is 9.95. The second kappa shape index (κ2) is 10.2. The van der Waals surface area contributed by atoms with E-state index in [0.29, 0.717) is 0 Å². The lowest BCUT2D eigenvalue weighted by molar-refractivity contribution is 0.308. The highest BCUT2D eigenvalue weighted by Gasteiger charge is 2.45. The van der Waals surface area contributed by atoms with Gasteiger partial charge in [-0.05, 0) is 37.6 Å². The van der Waals surface area contributed by atoms with Gasteiger partial charge in [-0.25, -0.2) is 4.39 Å². The summed E-state index contributed by atoms with van der Waals surface area (Å²) in [6.07, 6.45) is 2.05. The number of nitrogens with zero attached hydrogens (tertiary/aromatic N) is 2. The number of hydrogen-bond donors (Lipinski definition) is 2. The van der Waals surface area contributed by atoms with Crippen LogP contribution in [0.5, 0.6) is 0 Å². The zero-order valence-electron chi connectivity index (χ0n) is 14.9. The van der Waals surface area contributed by atoms with Crippen molar-refractivity contribution in [2.24, 2.45) is 4.99 Å². The van der Waals surface area contributed by atoms with Crippen LogP contribution in [0.1, 0.15) is 32.3 Å². The molecule has 0 bridgehead atoms. The lowest BCUT2D eigenvalue weighted by Crippen LogP contribution is -2.44. The summed E-state index contributed by atoms with van der Waals surface area (Å²) in [5.74, 6) is 0.691. The van der Waals surface area contributed by atoms with Gasteiger partial charge in [0.2, 0.25) is 0 Å². The topological polar surface area (TPSA) is 39.7 Å². The van der Waals surface area contributed by atoms with Gasteiger partial charge in [0.25, 0.3) is 0 Å². The minimum atomic E-state index is -0.101. The fourth-order valence-corrected chi connectivity index (χ4v) is 2.93. The van der Waals surface area contributed by atoms with E-state index in [1.165, 1.54) is 0 Å². The number of guanidine groups is 1. The zero-order valence-corrected chi connectivity index (χ0v) is 17.3. The summed E-state index contributed by atoms with van der Waals surface area (Å²) in [7, 11) is 1.77. The number of nitrogens with one attached hydrogen (secondary N) is 2. The molecular formula is C18H30FIN4. The molecule has 0 saturated heterocycles. The number of likely N-dealkylation sites (N-methyl/N-ethyl adjacent to an activating group) is 1. The molecule has 0 aliphatic heterocycles. The zero-order chi connectivity index (χ0) is 16.7. The molecule has 4 nitrogen and oxygen atoms in total. The summed E-state index contributed by atoms with van der Waals surface area (Å²) in [6, 6.07) is 7.11. The summed E-state index contributed by atoms with van der Waals surface area (Å²) in [5.41, 5.74) is 0.757. The molecule has 0 amide bonds. The molecule has 1 saturated carbocycles. The first-order chi connectivity index (χ1) is 11.1. The van der Waals surface area contributed by atoms with Crippen LogP contribution in [-0.2, 0) is 5.41 Å². The third kappa shape index (κ3) is 5.58. The minimum Gasteiger partial charge on any atom is -0.356 e. The van der Waals surface area contributed by atoms with E-state index in [4.69, 9.17) is 0 Å². The molecule has 136 valence electrons. The molecule has 1 aromatic carbocycles. The van der Waals surface area contributed by atoms with Gasteiger partial charge < -0.3 is 15.5 Å². The van der Waals surface area contributed by atoms with Crippen LogP contribution < -0.4 is 10.6 Å². The first-order valence-electron chi connectivity index (χ1n) is 8.57. The van der Waals surface area contributed by atoms with Gasteiger partial charge in [0, 0.05) is 32.1 Å². The molecule has 2 N–H and O–H groups in total. The Kier molecular flexibility index (Phi) is 8.97. The average molecular weight is 448 g/mol. The fraction of sp³-hybridized carbons (Fsp3) is 0.611. The van der Waals surface area contributed by atoms with E-state index in [1.807, 2.05) is 12.1 Å². The van der Waals surface area contributed by atoms with Crippen molar-refractivity contribution in [1.82, 2.24) is 15.5 Å². The number of benzene rings is 1. The number of rotatable bonds is 8. The maximum atomic E-state index is 14.0. The van der Waals surface area contributed by atoms with Crippen molar-refractivity contribution in [3.63, 3.8) is 0 Å². The summed E-state index contributed by atoms with van der Waals surface area (Å²) < 4.78 is 14.0. The van der Waals surface area contributed by atoms with Gasteiger partial charge in [-0.2, -0.15) is 0 Å². The third-order valence-electron chi connectivity index (χ3n) is 4.73. The molecule has 1 aromatic rings. The molecule has 0 unspecified atom stereocenters. The highest BCUT2D eigenvalue weighted by atomic mass is 127. The second-order valence-corrected chi connectivity index (χ2v) is 6.14. The summed E-state index contributed by atoms with van der Waals surface area (Å²) in [4.78, 5) is 6.63. The van der Waals surface area contributed by atoms with E-state index in [2.05, 4.69) is 34.4 Å². The molecule has 0 heterocycles. The first kappa shape index (κ1) is 21.2. The summed E-state index contributed by atoms with van der Waals surface area (Å²) in [6.45, 7) is 9.02. The van der Waals surface area contributed by atoms with E-state index >= 15 is 0 Å². The maximum Gasteiger partial charge on any atom is 0.191 e. The van der Waals surface area contributed by atoms with Gasteiger partial charge in [-0.3, -0.25) is 4.99 Å². The lowest BCUT2D eigenvalue weighted by Gasteiger charge is -2.21. The number of halogens is 2. The van der Waals surface area contributed by atoms with Crippen molar-refractivity contribution in [3.05, 3.63) is 35.6 Å². The Morgan fingerprint density at radius 2 is 1.88 bits per heavy atom. The molecule has 1 fully saturated rings. The van der Waals surface area contributed by atoms with Gasteiger partial charge in [0.05, 0.1) is 0 Å². The predicted molar refractivity (Wildman–Crippen MR) is 110 cm³/mol. The molecule has 0 spiro atoms. The summed E-state index contributed by atoms with van der Waals surface area (Å²) in [5, 5.41) is 6.70. The normalized spacial score (nSPS) is 15.8. The van der Waals surface area contributed by atoms with E-state index in [9.17, 15) is 4.39 Å². The van der Waals surface area contributed by atoms with Gasteiger partial charge >= 0.3 is 0 Å². The van der Waals surface area contributed by atoms with Crippen LogP contribution in [0.2, 0.25) is 0 Å². The largest absolute Gasteiger partial charge is 0.356 e. The van der Waals surface area contributed by atoms with E-state index in [0.717, 1.165) is 57.1 Å². The van der Waals surface area contributed by atoms with Crippen LogP contribution >= 0.6 is 24.0 Å². The van der Waals surface area contributed by atoms with Gasteiger partial charge in [0.1, 0.15) is 5.82 Å². The summed E-state index contributed by atoms with van der Waals surface area (Å²) >= 11 is 0. The van der Waals surface area contributed by atoms with Crippen molar-refractivity contribution < 1.29 is 4.39 Å².